The first-order valence-electron chi connectivity index (χ1n) is 4.25. The second kappa shape index (κ2) is 5.59. The van der Waals surface area contributed by atoms with Gasteiger partial charge in [0.2, 0.25) is 0 Å². The molecule has 0 saturated heterocycles. The molecule has 0 aromatic rings. The summed E-state index contributed by atoms with van der Waals surface area (Å²) in [5.74, 6) is -0.957. The predicted molar refractivity (Wildman–Crippen MR) is 50.5 cm³/mol. The minimum atomic E-state index is -0.957. The molecule has 0 aliphatic heterocycles. The summed E-state index contributed by atoms with van der Waals surface area (Å²) in [6.07, 6.45) is 2.46. The van der Waals surface area contributed by atoms with Crippen LogP contribution in [0.3, 0.4) is 0 Å². The highest BCUT2D eigenvalue weighted by Gasteiger charge is 2.15. The Labute approximate surface area is 78.6 Å². The van der Waals surface area contributed by atoms with E-state index in [-0.39, 0.29) is 5.60 Å². The Hall–Kier alpha value is -1.03. The Morgan fingerprint density at radius 2 is 2.23 bits per heavy atom. The second-order valence-electron chi connectivity index (χ2n) is 3.25. The van der Waals surface area contributed by atoms with Crippen LogP contribution in [0.15, 0.2) is 12.3 Å². The van der Waals surface area contributed by atoms with Crippen LogP contribution in [0.25, 0.3) is 0 Å². The van der Waals surface area contributed by atoms with Crippen LogP contribution in [0.5, 0.6) is 0 Å². The lowest BCUT2D eigenvalue weighted by atomic mass is 10.1. The summed E-state index contributed by atoms with van der Waals surface area (Å²) in [5, 5.41) is 11.1. The van der Waals surface area contributed by atoms with Gasteiger partial charge in [0.25, 0.3) is 0 Å². The Morgan fingerprint density at radius 1 is 1.62 bits per heavy atom. The van der Waals surface area contributed by atoms with Gasteiger partial charge in [-0.3, -0.25) is 0 Å². The van der Waals surface area contributed by atoms with Crippen LogP contribution in [0, 0.1) is 0 Å². The molecule has 0 aromatic heterocycles. The zero-order valence-electron chi connectivity index (χ0n) is 8.33. The van der Waals surface area contributed by atoms with E-state index >= 15 is 0 Å². The molecule has 0 spiro atoms. The minimum Gasteiger partial charge on any atom is -0.478 e. The predicted octanol–water partition coefficient (Wildman–Crippen LogP) is 0.989. The normalized spacial score (nSPS) is 11.9. The average molecular weight is 187 g/mol. The van der Waals surface area contributed by atoms with Gasteiger partial charge in [0.15, 0.2) is 0 Å². The SMILES string of the molecule is CCOC(C)(C)CN/C=C/C(=O)O. The molecule has 0 aliphatic rings. The van der Waals surface area contributed by atoms with E-state index in [2.05, 4.69) is 5.32 Å². The number of nitrogens with one attached hydrogen (secondary N) is 1. The molecule has 0 atom stereocenters. The van der Waals surface area contributed by atoms with Crippen molar-refractivity contribution in [3.05, 3.63) is 12.3 Å². The van der Waals surface area contributed by atoms with Crippen molar-refractivity contribution >= 4 is 5.97 Å². The van der Waals surface area contributed by atoms with E-state index in [0.717, 1.165) is 6.08 Å². The van der Waals surface area contributed by atoms with Crippen LogP contribution in [-0.4, -0.2) is 29.8 Å². The average Bonchev–Trinajstić information content (AvgIpc) is 1.98. The van der Waals surface area contributed by atoms with Crippen molar-refractivity contribution in [2.24, 2.45) is 0 Å². The molecular formula is C9H17NO3. The van der Waals surface area contributed by atoms with Crippen molar-refractivity contribution in [2.75, 3.05) is 13.2 Å². The highest BCUT2D eigenvalue weighted by Crippen LogP contribution is 2.06. The molecule has 0 heterocycles. The van der Waals surface area contributed by atoms with Gasteiger partial charge >= 0.3 is 5.97 Å². The van der Waals surface area contributed by atoms with Crippen LogP contribution >= 0.6 is 0 Å². The van der Waals surface area contributed by atoms with E-state index in [4.69, 9.17) is 9.84 Å². The Balaban J connectivity index is 3.68. The lowest BCUT2D eigenvalue weighted by Gasteiger charge is -2.24. The summed E-state index contributed by atoms with van der Waals surface area (Å²) in [4.78, 5) is 10.1. The van der Waals surface area contributed by atoms with Gasteiger partial charge in [-0.1, -0.05) is 0 Å². The molecule has 0 fully saturated rings. The monoisotopic (exact) mass is 187 g/mol. The number of hydrogen-bond donors (Lipinski definition) is 2. The van der Waals surface area contributed by atoms with Crippen molar-refractivity contribution in [1.82, 2.24) is 5.32 Å². The first kappa shape index (κ1) is 12.0. The third kappa shape index (κ3) is 7.33. The molecule has 4 nitrogen and oxygen atoms in total. The van der Waals surface area contributed by atoms with E-state index in [1.54, 1.807) is 0 Å². The molecule has 0 radical (unpaired) electrons. The van der Waals surface area contributed by atoms with E-state index in [9.17, 15) is 4.79 Å². The number of carboxylic acids is 1. The number of carbonyl (C=O) groups is 1. The molecule has 0 saturated carbocycles. The summed E-state index contributed by atoms with van der Waals surface area (Å²) < 4.78 is 5.39. The maximum Gasteiger partial charge on any atom is 0.329 e. The molecule has 2 N–H and O–H groups in total. The summed E-state index contributed by atoms with van der Waals surface area (Å²) in [6.45, 7) is 7.05. The highest BCUT2D eigenvalue weighted by molar-refractivity contribution is 5.79. The Kier molecular flexibility index (Phi) is 5.14. The van der Waals surface area contributed by atoms with Crippen molar-refractivity contribution < 1.29 is 14.6 Å². The summed E-state index contributed by atoms with van der Waals surface area (Å²) in [5.41, 5.74) is -0.266. The number of ether oxygens (including phenoxy) is 1. The third-order valence-electron chi connectivity index (χ3n) is 1.41. The van der Waals surface area contributed by atoms with Crippen LogP contribution in [0.2, 0.25) is 0 Å². The number of aliphatic carboxylic acids is 1. The first-order chi connectivity index (χ1) is 5.98. The van der Waals surface area contributed by atoms with Crippen molar-refractivity contribution in [2.45, 2.75) is 26.4 Å². The van der Waals surface area contributed by atoms with Crippen molar-refractivity contribution in [3.8, 4) is 0 Å². The molecule has 0 amide bonds. The van der Waals surface area contributed by atoms with Crippen LogP contribution in [0.1, 0.15) is 20.8 Å². The molecule has 0 bridgehead atoms. The Bertz CT molecular complexity index is 187. The van der Waals surface area contributed by atoms with Crippen molar-refractivity contribution in [3.63, 3.8) is 0 Å². The fourth-order valence-corrected chi connectivity index (χ4v) is 0.877. The zero-order valence-corrected chi connectivity index (χ0v) is 8.33. The van der Waals surface area contributed by atoms with Crippen LogP contribution in [0.4, 0.5) is 0 Å². The smallest absolute Gasteiger partial charge is 0.329 e. The molecule has 0 aliphatic carbocycles. The maximum atomic E-state index is 10.1. The molecular weight excluding hydrogens is 170 g/mol. The van der Waals surface area contributed by atoms with Gasteiger partial charge in [-0.15, -0.1) is 0 Å². The molecule has 0 rings (SSSR count). The van der Waals surface area contributed by atoms with Gasteiger partial charge in [0, 0.05) is 25.4 Å². The molecule has 4 heteroatoms. The standard InChI is InChI=1S/C9H17NO3/c1-4-13-9(2,3)7-10-6-5-8(11)12/h5-6,10H,4,7H2,1-3H3,(H,11,12)/b6-5+. The van der Waals surface area contributed by atoms with Gasteiger partial charge in [-0.05, 0) is 20.8 Å². The van der Waals surface area contributed by atoms with Crippen LogP contribution < -0.4 is 5.32 Å². The number of rotatable bonds is 6. The molecule has 13 heavy (non-hydrogen) atoms. The third-order valence-corrected chi connectivity index (χ3v) is 1.41. The van der Waals surface area contributed by atoms with Crippen LogP contribution in [-0.2, 0) is 9.53 Å². The fraction of sp³-hybridized carbons (Fsp3) is 0.667. The van der Waals surface area contributed by atoms with Gasteiger partial charge in [0.05, 0.1) is 5.60 Å². The first-order valence-corrected chi connectivity index (χ1v) is 4.25. The fourth-order valence-electron chi connectivity index (χ4n) is 0.877. The largest absolute Gasteiger partial charge is 0.478 e. The van der Waals surface area contributed by atoms with E-state index in [1.165, 1.54) is 6.20 Å². The minimum absolute atomic E-state index is 0.266. The van der Waals surface area contributed by atoms with Gasteiger partial charge in [-0.2, -0.15) is 0 Å². The summed E-state index contributed by atoms with van der Waals surface area (Å²) >= 11 is 0. The van der Waals surface area contributed by atoms with E-state index < -0.39 is 5.97 Å². The van der Waals surface area contributed by atoms with Crippen molar-refractivity contribution in [1.29, 1.82) is 0 Å². The lowest BCUT2D eigenvalue weighted by molar-refractivity contribution is -0.131. The van der Waals surface area contributed by atoms with E-state index in [1.807, 2.05) is 20.8 Å². The zero-order chi connectivity index (χ0) is 10.3. The maximum absolute atomic E-state index is 10.1. The topological polar surface area (TPSA) is 58.6 Å². The molecule has 0 unspecified atom stereocenters. The number of hydrogen-bond acceptors (Lipinski definition) is 3. The lowest BCUT2D eigenvalue weighted by Crippen LogP contribution is -2.35. The highest BCUT2D eigenvalue weighted by atomic mass is 16.5. The Morgan fingerprint density at radius 3 is 2.69 bits per heavy atom. The molecule has 0 aromatic carbocycles. The van der Waals surface area contributed by atoms with Gasteiger partial charge < -0.3 is 15.2 Å². The van der Waals surface area contributed by atoms with Gasteiger partial charge in [-0.25, -0.2) is 4.79 Å². The summed E-state index contributed by atoms with van der Waals surface area (Å²) in [6, 6.07) is 0. The summed E-state index contributed by atoms with van der Waals surface area (Å²) in [7, 11) is 0. The van der Waals surface area contributed by atoms with Gasteiger partial charge in [0.1, 0.15) is 0 Å². The number of carboxylic acid groups (broad SMARTS) is 1. The molecule has 76 valence electrons. The quantitative estimate of drug-likeness (QED) is 0.609. The second-order valence-corrected chi connectivity index (χ2v) is 3.25. The van der Waals surface area contributed by atoms with E-state index in [0.29, 0.717) is 13.2 Å².